The second-order valence-electron chi connectivity index (χ2n) is 9.23. The van der Waals surface area contributed by atoms with Gasteiger partial charge in [0.25, 0.3) is 0 Å². The van der Waals surface area contributed by atoms with E-state index < -0.39 is 0 Å². The van der Waals surface area contributed by atoms with Gasteiger partial charge < -0.3 is 25.0 Å². The van der Waals surface area contributed by atoms with Crippen LogP contribution in [0.4, 0.5) is 0 Å². The monoisotopic (exact) mass is 558 g/mol. The molecule has 7 heteroatoms. The van der Waals surface area contributed by atoms with Gasteiger partial charge in [-0.3, -0.25) is 0 Å². The third kappa shape index (κ3) is 8.71. The summed E-state index contributed by atoms with van der Waals surface area (Å²) < 4.78 is 11.9. The number of piperidine rings is 1. The van der Waals surface area contributed by atoms with Crippen LogP contribution in [-0.4, -0.2) is 62.4 Å². The lowest BCUT2D eigenvalue weighted by Crippen LogP contribution is -2.46. The molecule has 1 aromatic carbocycles. The molecule has 2 saturated heterocycles. The standard InChI is InChI=1S/C25H42N4O2.HI/c1-5-26-25(27-15-21-8-6-12-29(17-21)19(2)3)28-16-22-11-10-20(4)14-24(22)31-18-23-9-7-13-30-23;/h10-11,14,19,21,23H,5-9,12-13,15-18H2,1-4H3,(H2,26,27,28);1H. The van der Waals surface area contributed by atoms with Gasteiger partial charge in [-0.1, -0.05) is 12.1 Å². The molecule has 0 spiro atoms. The van der Waals surface area contributed by atoms with Crippen molar-refractivity contribution in [3.05, 3.63) is 29.3 Å². The van der Waals surface area contributed by atoms with Crippen LogP contribution in [0.3, 0.4) is 0 Å². The van der Waals surface area contributed by atoms with Crippen molar-refractivity contribution in [1.82, 2.24) is 15.5 Å². The van der Waals surface area contributed by atoms with Crippen molar-refractivity contribution in [2.24, 2.45) is 10.9 Å². The van der Waals surface area contributed by atoms with Crippen molar-refractivity contribution in [2.45, 2.75) is 72.1 Å². The Kier molecular flexibility index (Phi) is 12.1. The average Bonchev–Trinajstić information content (AvgIpc) is 3.29. The first-order valence-corrected chi connectivity index (χ1v) is 12.1. The van der Waals surface area contributed by atoms with Crippen LogP contribution < -0.4 is 15.4 Å². The normalized spacial score (nSPS) is 22.0. The fraction of sp³-hybridized carbons (Fsp3) is 0.720. The Morgan fingerprint density at radius 2 is 2.09 bits per heavy atom. The summed E-state index contributed by atoms with van der Waals surface area (Å²) in [6.07, 6.45) is 5.01. The predicted octanol–water partition coefficient (Wildman–Crippen LogP) is 4.35. The van der Waals surface area contributed by atoms with Crippen molar-refractivity contribution in [1.29, 1.82) is 0 Å². The van der Waals surface area contributed by atoms with E-state index in [4.69, 9.17) is 14.5 Å². The number of ether oxygens (including phenoxy) is 2. The Hall–Kier alpha value is -1.06. The molecule has 2 N–H and O–H groups in total. The van der Waals surface area contributed by atoms with Crippen molar-refractivity contribution in [3.63, 3.8) is 0 Å². The van der Waals surface area contributed by atoms with Gasteiger partial charge in [0.15, 0.2) is 5.96 Å². The molecule has 3 rings (SSSR count). The number of hydrogen-bond donors (Lipinski definition) is 2. The van der Waals surface area contributed by atoms with Crippen LogP contribution >= 0.6 is 24.0 Å². The Morgan fingerprint density at radius 3 is 2.81 bits per heavy atom. The number of aliphatic imine (C=N–C) groups is 1. The minimum absolute atomic E-state index is 0. The zero-order chi connectivity index (χ0) is 22.1. The van der Waals surface area contributed by atoms with Crippen molar-refractivity contribution in [2.75, 3.05) is 39.4 Å². The number of guanidine groups is 1. The number of aryl methyl sites for hydroxylation is 1. The predicted molar refractivity (Wildman–Crippen MR) is 143 cm³/mol. The molecule has 32 heavy (non-hydrogen) atoms. The zero-order valence-corrected chi connectivity index (χ0v) is 22.7. The molecule has 0 amide bonds. The quantitative estimate of drug-likeness (QED) is 0.268. The van der Waals surface area contributed by atoms with E-state index >= 15 is 0 Å². The van der Waals surface area contributed by atoms with Crippen LogP contribution in [-0.2, 0) is 11.3 Å². The highest BCUT2D eigenvalue weighted by Gasteiger charge is 2.21. The number of benzene rings is 1. The molecule has 0 bridgehead atoms. The summed E-state index contributed by atoms with van der Waals surface area (Å²) in [5.41, 5.74) is 2.32. The van der Waals surface area contributed by atoms with Gasteiger partial charge >= 0.3 is 0 Å². The molecule has 2 unspecified atom stereocenters. The van der Waals surface area contributed by atoms with Gasteiger partial charge in [0.05, 0.1) is 12.6 Å². The fourth-order valence-corrected chi connectivity index (χ4v) is 4.37. The summed E-state index contributed by atoms with van der Waals surface area (Å²) in [4.78, 5) is 7.45. The molecule has 0 saturated carbocycles. The van der Waals surface area contributed by atoms with Gasteiger partial charge in [-0.15, -0.1) is 24.0 Å². The second-order valence-corrected chi connectivity index (χ2v) is 9.23. The smallest absolute Gasteiger partial charge is 0.191 e. The molecule has 2 aliphatic rings. The highest BCUT2D eigenvalue weighted by Crippen LogP contribution is 2.23. The Morgan fingerprint density at radius 1 is 1.25 bits per heavy atom. The van der Waals surface area contributed by atoms with Crippen LogP contribution in [0.2, 0.25) is 0 Å². The molecule has 1 aromatic rings. The summed E-state index contributed by atoms with van der Waals surface area (Å²) in [5, 5.41) is 6.98. The zero-order valence-electron chi connectivity index (χ0n) is 20.4. The van der Waals surface area contributed by atoms with E-state index in [1.807, 2.05) is 0 Å². The van der Waals surface area contributed by atoms with Crippen LogP contribution in [0.1, 0.15) is 57.6 Å². The number of hydrogen-bond acceptors (Lipinski definition) is 4. The van der Waals surface area contributed by atoms with Gasteiger partial charge in [-0.2, -0.15) is 0 Å². The van der Waals surface area contributed by atoms with E-state index in [1.54, 1.807) is 0 Å². The summed E-state index contributed by atoms with van der Waals surface area (Å²) in [7, 11) is 0. The third-order valence-corrected chi connectivity index (χ3v) is 6.26. The molecule has 0 aliphatic carbocycles. The number of nitrogens with one attached hydrogen (secondary N) is 2. The van der Waals surface area contributed by atoms with E-state index in [2.05, 4.69) is 61.4 Å². The van der Waals surface area contributed by atoms with Crippen LogP contribution in [0, 0.1) is 12.8 Å². The summed E-state index contributed by atoms with van der Waals surface area (Å²) in [5.74, 6) is 2.48. The topological polar surface area (TPSA) is 58.1 Å². The number of halogens is 1. The average molecular weight is 559 g/mol. The molecule has 2 atom stereocenters. The number of likely N-dealkylation sites (tertiary alicyclic amines) is 1. The molecule has 182 valence electrons. The SMILES string of the molecule is CCNC(=NCc1ccc(C)cc1OCC1CCCO1)NCC1CCCN(C(C)C)C1.I. The van der Waals surface area contributed by atoms with E-state index in [1.165, 1.54) is 31.5 Å². The molecular weight excluding hydrogens is 515 g/mol. The van der Waals surface area contributed by atoms with Gasteiger partial charge in [-0.05, 0) is 77.5 Å². The van der Waals surface area contributed by atoms with Crippen molar-refractivity contribution >= 4 is 29.9 Å². The first-order chi connectivity index (χ1) is 15.0. The molecule has 6 nitrogen and oxygen atoms in total. The van der Waals surface area contributed by atoms with E-state index in [0.29, 0.717) is 25.1 Å². The molecule has 0 radical (unpaired) electrons. The maximum absolute atomic E-state index is 6.14. The highest BCUT2D eigenvalue weighted by molar-refractivity contribution is 14.0. The van der Waals surface area contributed by atoms with E-state index in [0.717, 1.165) is 49.8 Å². The summed E-state index contributed by atoms with van der Waals surface area (Å²) in [6.45, 7) is 15.1. The maximum Gasteiger partial charge on any atom is 0.191 e. The minimum Gasteiger partial charge on any atom is -0.491 e. The summed E-state index contributed by atoms with van der Waals surface area (Å²) >= 11 is 0. The Labute approximate surface area is 211 Å². The van der Waals surface area contributed by atoms with Crippen LogP contribution in [0.15, 0.2) is 23.2 Å². The third-order valence-electron chi connectivity index (χ3n) is 6.26. The van der Waals surface area contributed by atoms with Gasteiger partial charge in [0, 0.05) is 37.8 Å². The fourth-order valence-electron chi connectivity index (χ4n) is 4.37. The second kappa shape index (κ2) is 14.3. The maximum atomic E-state index is 6.14. The lowest BCUT2D eigenvalue weighted by molar-refractivity contribution is 0.0676. The van der Waals surface area contributed by atoms with Crippen LogP contribution in [0.25, 0.3) is 0 Å². The van der Waals surface area contributed by atoms with Gasteiger partial charge in [-0.25, -0.2) is 4.99 Å². The largest absolute Gasteiger partial charge is 0.491 e. The van der Waals surface area contributed by atoms with Gasteiger partial charge in [0.1, 0.15) is 12.4 Å². The van der Waals surface area contributed by atoms with Gasteiger partial charge in [0.2, 0.25) is 0 Å². The minimum atomic E-state index is 0. The van der Waals surface area contributed by atoms with Crippen molar-refractivity contribution < 1.29 is 9.47 Å². The number of rotatable bonds is 9. The number of nitrogens with zero attached hydrogens (tertiary/aromatic N) is 2. The molecule has 2 fully saturated rings. The first-order valence-electron chi connectivity index (χ1n) is 12.1. The lowest BCUT2D eigenvalue weighted by Gasteiger charge is -2.35. The first kappa shape index (κ1) is 27.2. The molecule has 0 aromatic heterocycles. The highest BCUT2D eigenvalue weighted by atomic mass is 127. The lowest BCUT2D eigenvalue weighted by atomic mass is 9.97. The summed E-state index contributed by atoms with van der Waals surface area (Å²) in [6, 6.07) is 7.00. The Balaban J connectivity index is 0.00000363. The van der Waals surface area contributed by atoms with E-state index in [-0.39, 0.29) is 30.1 Å². The molecular formula is C25H43IN4O2. The molecule has 2 aliphatic heterocycles. The molecule has 2 heterocycles. The Bertz CT molecular complexity index is 707. The van der Waals surface area contributed by atoms with Crippen LogP contribution in [0.5, 0.6) is 5.75 Å². The van der Waals surface area contributed by atoms with Crippen molar-refractivity contribution in [3.8, 4) is 5.75 Å². The van der Waals surface area contributed by atoms with E-state index in [9.17, 15) is 0 Å².